The second-order valence-corrected chi connectivity index (χ2v) is 10.2. The molecule has 4 aromatic rings. The highest BCUT2D eigenvalue weighted by Gasteiger charge is 2.46. The van der Waals surface area contributed by atoms with E-state index in [4.69, 9.17) is 0 Å². The van der Waals surface area contributed by atoms with Crippen LogP contribution in [0.25, 0.3) is 11.3 Å². The zero-order valence-electron chi connectivity index (χ0n) is 22.8. The summed E-state index contributed by atoms with van der Waals surface area (Å²) in [6, 6.07) is 30.1. The summed E-state index contributed by atoms with van der Waals surface area (Å²) in [6.45, 7) is 0.505. The van der Waals surface area contributed by atoms with Crippen molar-refractivity contribution in [3.8, 4) is 11.3 Å². The van der Waals surface area contributed by atoms with Crippen LogP contribution in [0.2, 0.25) is 0 Å². The number of nitrogens with one attached hydrogen (secondary N) is 1. The molecule has 3 N–H and O–H groups in total. The van der Waals surface area contributed by atoms with Crippen molar-refractivity contribution in [2.24, 2.45) is 5.41 Å². The van der Waals surface area contributed by atoms with Gasteiger partial charge in [-0.3, -0.25) is 19.4 Å². The fourth-order valence-corrected chi connectivity index (χ4v) is 4.88. The molecule has 0 aliphatic carbocycles. The van der Waals surface area contributed by atoms with Crippen LogP contribution in [-0.2, 0) is 28.9 Å². The van der Waals surface area contributed by atoms with Crippen molar-refractivity contribution in [2.45, 2.75) is 38.5 Å². The van der Waals surface area contributed by atoms with Gasteiger partial charge in [0.1, 0.15) is 0 Å². The van der Waals surface area contributed by atoms with Gasteiger partial charge in [0.25, 0.3) is 5.91 Å². The zero-order chi connectivity index (χ0) is 29.1. The molecule has 0 bridgehead atoms. The van der Waals surface area contributed by atoms with E-state index in [9.17, 15) is 24.6 Å². The maximum atomic E-state index is 12.5. The highest BCUT2D eigenvalue weighted by molar-refractivity contribution is 5.98. The maximum absolute atomic E-state index is 12.5. The molecule has 0 atom stereocenters. The van der Waals surface area contributed by atoms with Crippen LogP contribution in [0.4, 0.5) is 0 Å². The van der Waals surface area contributed by atoms with Crippen LogP contribution in [0.1, 0.15) is 46.3 Å². The number of hydrogen-bond acceptors (Lipinski definition) is 4. The van der Waals surface area contributed by atoms with Crippen LogP contribution in [0.15, 0.2) is 103 Å². The summed E-state index contributed by atoms with van der Waals surface area (Å²) in [4.78, 5) is 41.2. The number of rotatable bonds is 14. The van der Waals surface area contributed by atoms with Crippen molar-refractivity contribution in [2.75, 3.05) is 6.54 Å². The number of aromatic nitrogens is 1. The van der Waals surface area contributed by atoms with Crippen molar-refractivity contribution in [1.82, 2.24) is 10.3 Å². The van der Waals surface area contributed by atoms with Gasteiger partial charge >= 0.3 is 11.9 Å². The van der Waals surface area contributed by atoms with Gasteiger partial charge in [0.05, 0.1) is 5.69 Å². The third kappa shape index (κ3) is 7.88. The van der Waals surface area contributed by atoms with Gasteiger partial charge in [0.2, 0.25) is 0 Å². The lowest BCUT2D eigenvalue weighted by Gasteiger charge is -2.25. The fourth-order valence-electron chi connectivity index (χ4n) is 4.88. The Kier molecular flexibility index (Phi) is 9.99. The first kappa shape index (κ1) is 29.2. The third-order valence-corrected chi connectivity index (χ3v) is 7.30. The first-order valence-corrected chi connectivity index (χ1v) is 13.8. The molecule has 41 heavy (non-hydrogen) atoms. The second kappa shape index (κ2) is 14.0. The molecular formula is C34H34N2O5. The van der Waals surface area contributed by atoms with Crippen molar-refractivity contribution in [1.29, 1.82) is 0 Å². The molecule has 0 saturated heterocycles. The molecule has 0 radical (unpaired) electrons. The van der Waals surface area contributed by atoms with E-state index in [-0.39, 0.29) is 18.7 Å². The topological polar surface area (TPSA) is 117 Å². The Labute approximate surface area is 239 Å². The highest BCUT2D eigenvalue weighted by Crippen LogP contribution is 2.31. The van der Waals surface area contributed by atoms with E-state index in [1.54, 1.807) is 30.5 Å². The predicted molar refractivity (Wildman–Crippen MR) is 158 cm³/mol. The van der Waals surface area contributed by atoms with Crippen LogP contribution in [0, 0.1) is 5.41 Å². The maximum Gasteiger partial charge on any atom is 0.321 e. The average Bonchev–Trinajstić information content (AvgIpc) is 3.00. The van der Waals surface area contributed by atoms with Gasteiger partial charge in [-0.2, -0.15) is 0 Å². The lowest BCUT2D eigenvalue weighted by Crippen LogP contribution is -2.41. The average molecular weight is 551 g/mol. The number of aliphatic carboxylic acids is 2. The summed E-state index contributed by atoms with van der Waals surface area (Å²) in [7, 11) is 0. The summed E-state index contributed by atoms with van der Waals surface area (Å²) in [5.74, 6) is -2.77. The Bertz CT molecular complexity index is 1420. The van der Waals surface area contributed by atoms with E-state index in [1.807, 2.05) is 72.8 Å². The van der Waals surface area contributed by atoms with E-state index in [1.165, 1.54) is 0 Å². The number of carboxylic acids is 2. The number of amides is 1. The van der Waals surface area contributed by atoms with Crippen LogP contribution in [0.5, 0.6) is 0 Å². The summed E-state index contributed by atoms with van der Waals surface area (Å²) in [5, 5.41) is 22.8. The fraction of sp³-hybridized carbons (Fsp3) is 0.235. The molecule has 7 nitrogen and oxygen atoms in total. The van der Waals surface area contributed by atoms with E-state index in [0.717, 1.165) is 35.2 Å². The molecule has 1 heterocycles. The smallest absolute Gasteiger partial charge is 0.321 e. The molecule has 0 aliphatic heterocycles. The quantitative estimate of drug-likeness (QED) is 0.134. The largest absolute Gasteiger partial charge is 0.480 e. The molecule has 210 valence electrons. The first-order chi connectivity index (χ1) is 19.9. The van der Waals surface area contributed by atoms with E-state index in [2.05, 4.69) is 10.3 Å². The van der Waals surface area contributed by atoms with Gasteiger partial charge in [0, 0.05) is 23.9 Å². The Morgan fingerprint density at radius 3 is 1.93 bits per heavy atom. The second-order valence-electron chi connectivity index (χ2n) is 10.2. The number of hydrogen-bond donors (Lipinski definition) is 3. The Morgan fingerprint density at radius 1 is 0.683 bits per heavy atom. The van der Waals surface area contributed by atoms with Crippen LogP contribution < -0.4 is 5.32 Å². The number of pyridine rings is 1. The molecule has 0 saturated carbocycles. The summed E-state index contributed by atoms with van der Waals surface area (Å²) in [6.07, 6.45) is 4.22. The molecular weight excluding hydrogens is 516 g/mol. The number of carbonyl (C=O) groups excluding carboxylic acids is 1. The van der Waals surface area contributed by atoms with Gasteiger partial charge in [-0.15, -0.1) is 0 Å². The Morgan fingerprint density at radius 2 is 1.29 bits per heavy atom. The molecule has 4 rings (SSSR count). The normalized spacial score (nSPS) is 11.1. The first-order valence-electron chi connectivity index (χ1n) is 13.8. The molecule has 0 fully saturated rings. The van der Waals surface area contributed by atoms with Crippen LogP contribution in [-0.4, -0.2) is 39.6 Å². The lowest BCUT2D eigenvalue weighted by atomic mass is 9.77. The number of benzene rings is 3. The minimum atomic E-state index is -1.88. The molecule has 1 aromatic heterocycles. The summed E-state index contributed by atoms with van der Waals surface area (Å²) >= 11 is 0. The van der Waals surface area contributed by atoms with Crippen molar-refractivity contribution in [3.05, 3.63) is 126 Å². The van der Waals surface area contributed by atoms with E-state index < -0.39 is 17.4 Å². The van der Waals surface area contributed by atoms with Gasteiger partial charge in [-0.25, -0.2) is 0 Å². The number of carboxylic acid groups (broad SMARTS) is 2. The number of aryl methyl sites for hydroxylation is 2. The van der Waals surface area contributed by atoms with Gasteiger partial charge in [-0.05, 0) is 79.5 Å². The van der Waals surface area contributed by atoms with Crippen molar-refractivity contribution in [3.63, 3.8) is 0 Å². The number of carbonyl (C=O) groups is 3. The van der Waals surface area contributed by atoms with Crippen molar-refractivity contribution >= 4 is 17.8 Å². The lowest BCUT2D eigenvalue weighted by molar-refractivity contribution is -0.165. The van der Waals surface area contributed by atoms with E-state index >= 15 is 0 Å². The molecule has 7 heteroatoms. The molecule has 0 aliphatic rings. The summed E-state index contributed by atoms with van der Waals surface area (Å²) < 4.78 is 0. The Balaban J connectivity index is 1.26. The van der Waals surface area contributed by atoms with Crippen LogP contribution >= 0.6 is 0 Å². The standard InChI is InChI=1S/C34H34N2O5/c37-31(29-19-17-28(18-20-29)30-12-4-5-22-35-30)36-23-7-11-26-13-15-27(16-14-26)24-34(32(38)39,33(40)41)21-6-10-25-8-2-1-3-9-25/h1-5,8-9,12-20,22H,6-7,10-11,21,23-24H2,(H,36,37)(H,38,39)(H,40,41). The third-order valence-electron chi connectivity index (χ3n) is 7.30. The van der Waals surface area contributed by atoms with E-state index in [0.29, 0.717) is 30.5 Å². The highest BCUT2D eigenvalue weighted by atomic mass is 16.4. The molecule has 0 unspecified atom stereocenters. The monoisotopic (exact) mass is 550 g/mol. The van der Waals surface area contributed by atoms with Crippen molar-refractivity contribution < 1.29 is 24.6 Å². The van der Waals surface area contributed by atoms with Crippen LogP contribution in [0.3, 0.4) is 0 Å². The molecule has 1 amide bonds. The number of nitrogens with zero attached hydrogens (tertiary/aromatic N) is 1. The molecule has 0 spiro atoms. The minimum Gasteiger partial charge on any atom is -0.480 e. The molecule has 3 aromatic carbocycles. The summed E-state index contributed by atoms with van der Waals surface area (Å²) in [5.41, 5.74) is 3.25. The Hall–Kier alpha value is -4.78. The zero-order valence-corrected chi connectivity index (χ0v) is 22.8. The SMILES string of the molecule is O=C(NCCCc1ccc(CC(CCCc2ccccc2)(C(=O)O)C(=O)O)cc1)c1ccc(-c2ccccn2)cc1. The minimum absolute atomic E-state index is 0.0415. The van der Waals surface area contributed by atoms with Gasteiger partial charge in [0.15, 0.2) is 5.41 Å². The van der Waals surface area contributed by atoms with Gasteiger partial charge in [-0.1, -0.05) is 72.8 Å². The van der Waals surface area contributed by atoms with Gasteiger partial charge < -0.3 is 15.5 Å². The predicted octanol–water partition coefficient (Wildman–Crippen LogP) is 5.83.